The van der Waals surface area contributed by atoms with Crippen molar-refractivity contribution in [2.24, 2.45) is 0 Å². The molecule has 0 amide bonds. The standard InChI is InChI=1S/C25H24O4/c1-18(2)25(27)29-17-22-16-21(10-13-24(22)20-6-4-3-5-7-20)19-8-11-23(12-9-19)28-15-14-26/h3-13,16,26H,1,14-15,17H2,2H3. The molecule has 0 atom stereocenters. The summed E-state index contributed by atoms with van der Waals surface area (Å²) in [5, 5.41) is 8.87. The van der Waals surface area contributed by atoms with E-state index in [4.69, 9.17) is 14.6 Å². The first-order chi connectivity index (χ1) is 14.1. The lowest BCUT2D eigenvalue weighted by Crippen LogP contribution is -2.06. The molecule has 0 aliphatic heterocycles. The van der Waals surface area contributed by atoms with E-state index in [-0.39, 0.29) is 19.8 Å². The number of aliphatic hydroxyl groups excluding tert-OH is 1. The van der Waals surface area contributed by atoms with Crippen molar-refractivity contribution in [3.8, 4) is 28.0 Å². The molecule has 0 aliphatic rings. The molecular formula is C25H24O4. The van der Waals surface area contributed by atoms with E-state index in [9.17, 15) is 4.79 Å². The summed E-state index contributed by atoms with van der Waals surface area (Å²) in [6.45, 7) is 5.69. The third kappa shape index (κ3) is 5.33. The second kappa shape index (κ2) is 9.71. The topological polar surface area (TPSA) is 55.8 Å². The van der Waals surface area contributed by atoms with Crippen molar-refractivity contribution in [1.82, 2.24) is 0 Å². The molecule has 148 valence electrons. The molecule has 4 nitrogen and oxygen atoms in total. The van der Waals surface area contributed by atoms with Crippen LogP contribution in [0.1, 0.15) is 12.5 Å². The van der Waals surface area contributed by atoms with Crippen LogP contribution in [0.4, 0.5) is 0 Å². The van der Waals surface area contributed by atoms with Gasteiger partial charge in [-0.05, 0) is 52.9 Å². The lowest BCUT2D eigenvalue weighted by Gasteiger charge is -2.13. The summed E-state index contributed by atoms with van der Waals surface area (Å²) in [4.78, 5) is 11.9. The van der Waals surface area contributed by atoms with Crippen molar-refractivity contribution in [2.45, 2.75) is 13.5 Å². The van der Waals surface area contributed by atoms with Gasteiger partial charge in [-0.15, -0.1) is 0 Å². The first kappa shape index (κ1) is 20.4. The van der Waals surface area contributed by atoms with Gasteiger partial charge in [0.05, 0.1) is 6.61 Å². The van der Waals surface area contributed by atoms with E-state index in [1.807, 2.05) is 66.7 Å². The Kier molecular flexibility index (Phi) is 6.82. The zero-order valence-electron chi connectivity index (χ0n) is 16.4. The van der Waals surface area contributed by atoms with Crippen LogP contribution in [0.2, 0.25) is 0 Å². The number of carbonyl (C=O) groups is 1. The van der Waals surface area contributed by atoms with Crippen LogP contribution >= 0.6 is 0 Å². The molecule has 0 fully saturated rings. The number of benzene rings is 3. The highest BCUT2D eigenvalue weighted by atomic mass is 16.5. The maximum absolute atomic E-state index is 11.9. The number of aliphatic hydroxyl groups is 1. The van der Waals surface area contributed by atoms with Gasteiger partial charge in [0.25, 0.3) is 0 Å². The predicted molar refractivity (Wildman–Crippen MR) is 115 cm³/mol. The summed E-state index contributed by atoms with van der Waals surface area (Å²) < 4.78 is 10.8. The third-order valence-corrected chi connectivity index (χ3v) is 4.44. The lowest BCUT2D eigenvalue weighted by atomic mass is 9.95. The molecule has 0 radical (unpaired) electrons. The highest BCUT2D eigenvalue weighted by Gasteiger charge is 2.11. The molecule has 0 saturated carbocycles. The van der Waals surface area contributed by atoms with E-state index < -0.39 is 5.97 Å². The normalized spacial score (nSPS) is 10.4. The van der Waals surface area contributed by atoms with Crippen LogP contribution in [-0.4, -0.2) is 24.3 Å². The average molecular weight is 388 g/mol. The fourth-order valence-electron chi connectivity index (χ4n) is 2.97. The number of ether oxygens (including phenoxy) is 2. The number of hydrogen-bond acceptors (Lipinski definition) is 4. The molecular weight excluding hydrogens is 364 g/mol. The SMILES string of the molecule is C=C(C)C(=O)OCc1cc(-c2ccc(OCCO)cc2)ccc1-c1ccccc1. The molecule has 1 N–H and O–H groups in total. The lowest BCUT2D eigenvalue weighted by molar-refractivity contribution is -0.140. The molecule has 0 heterocycles. The molecule has 0 aromatic heterocycles. The smallest absolute Gasteiger partial charge is 0.333 e. The molecule has 3 rings (SSSR count). The first-order valence-corrected chi connectivity index (χ1v) is 9.43. The summed E-state index contributed by atoms with van der Waals surface area (Å²) in [5.41, 5.74) is 5.41. The number of hydrogen-bond donors (Lipinski definition) is 1. The minimum absolute atomic E-state index is 0.0189. The molecule has 29 heavy (non-hydrogen) atoms. The van der Waals surface area contributed by atoms with Gasteiger partial charge in [-0.25, -0.2) is 4.79 Å². The van der Waals surface area contributed by atoms with Gasteiger partial charge in [0.1, 0.15) is 19.0 Å². The summed E-state index contributed by atoms with van der Waals surface area (Å²) >= 11 is 0. The van der Waals surface area contributed by atoms with Crippen LogP contribution in [0.15, 0.2) is 84.9 Å². The Balaban J connectivity index is 1.92. The van der Waals surface area contributed by atoms with Crippen molar-refractivity contribution in [3.63, 3.8) is 0 Å². The Morgan fingerprint density at radius 3 is 2.28 bits per heavy atom. The second-order valence-corrected chi connectivity index (χ2v) is 6.69. The van der Waals surface area contributed by atoms with Crippen molar-refractivity contribution in [1.29, 1.82) is 0 Å². The number of esters is 1. The minimum Gasteiger partial charge on any atom is -0.491 e. The zero-order valence-corrected chi connectivity index (χ0v) is 16.4. The summed E-state index contributed by atoms with van der Waals surface area (Å²) in [6.07, 6.45) is 0. The fourth-order valence-corrected chi connectivity index (χ4v) is 2.97. The highest BCUT2D eigenvalue weighted by Crippen LogP contribution is 2.30. The third-order valence-electron chi connectivity index (χ3n) is 4.44. The van der Waals surface area contributed by atoms with Crippen molar-refractivity contribution in [2.75, 3.05) is 13.2 Å². The Morgan fingerprint density at radius 1 is 0.931 bits per heavy atom. The van der Waals surface area contributed by atoms with E-state index >= 15 is 0 Å². The highest BCUT2D eigenvalue weighted by molar-refractivity contribution is 5.87. The maximum atomic E-state index is 11.9. The minimum atomic E-state index is -0.403. The van der Waals surface area contributed by atoms with Crippen molar-refractivity contribution < 1.29 is 19.4 Å². The molecule has 0 spiro atoms. The Morgan fingerprint density at radius 2 is 1.62 bits per heavy atom. The van der Waals surface area contributed by atoms with E-state index in [1.165, 1.54) is 0 Å². The van der Waals surface area contributed by atoms with E-state index in [1.54, 1.807) is 6.92 Å². The fraction of sp³-hybridized carbons (Fsp3) is 0.160. The zero-order chi connectivity index (χ0) is 20.6. The molecule has 4 heteroatoms. The Labute approximate surface area is 171 Å². The van der Waals surface area contributed by atoms with Crippen LogP contribution in [0.3, 0.4) is 0 Å². The number of carbonyl (C=O) groups excluding carboxylic acids is 1. The molecule has 0 saturated heterocycles. The van der Waals surface area contributed by atoms with Gasteiger partial charge in [0.15, 0.2) is 0 Å². The maximum Gasteiger partial charge on any atom is 0.333 e. The van der Waals surface area contributed by atoms with Gasteiger partial charge in [0, 0.05) is 5.57 Å². The Bertz CT molecular complexity index is 975. The molecule has 3 aromatic carbocycles. The van der Waals surface area contributed by atoms with E-state index in [0.29, 0.717) is 11.3 Å². The summed E-state index contributed by atoms with van der Waals surface area (Å²) in [7, 11) is 0. The van der Waals surface area contributed by atoms with Gasteiger partial charge in [-0.1, -0.05) is 61.2 Å². The van der Waals surface area contributed by atoms with Gasteiger partial charge in [-0.3, -0.25) is 0 Å². The molecule has 0 unspecified atom stereocenters. The predicted octanol–water partition coefficient (Wildman–Crippen LogP) is 5.01. The van der Waals surface area contributed by atoms with Gasteiger partial charge in [-0.2, -0.15) is 0 Å². The van der Waals surface area contributed by atoms with Crippen LogP contribution in [0.25, 0.3) is 22.3 Å². The average Bonchev–Trinajstić information content (AvgIpc) is 2.76. The largest absolute Gasteiger partial charge is 0.491 e. The summed E-state index contributed by atoms with van der Waals surface area (Å²) in [6, 6.07) is 23.8. The van der Waals surface area contributed by atoms with Crippen LogP contribution in [-0.2, 0) is 16.1 Å². The number of rotatable bonds is 8. The van der Waals surface area contributed by atoms with Crippen LogP contribution in [0, 0.1) is 0 Å². The Hall–Kier alpha value is -3.37. The molecule has 3 aromatic rings. The van der Waals surface area contributed by atoms with E-state index in [0.717, 1.165) is 27.8 Å². The second-order valence-electron chi connectivity index (χ2n) is 6.69. The van der Waals surface area contributed by atoms with Crippen molar-refractivity contribution >= 4 is 5.97 Å². The van der Waals surface area contributed by atoms with E-state index in [2.05, 4.69) is 12.6 Å². The van der Waals surface area contributed by atoms with Crippen LogP contribution in [0.5, 0.6) is 5.75 Å². The van der Waals surface area contributed by atoms with Crippen molar-refractivity contribution in [3.05, 3.63) is 90.5 Å². The monoisotopic (exact) mass is 388 g/mol. The first-order valence-electron chi connectivity index (χ1n) is 9.43. The summed E-state index contributed by atoms with van der Waals surface area (Å²) in [5.74, 6) is 0.305. The van der Waals surface area contributed by atoms with Crippen LogP contribution < -0.4 is 4.74 Å². The molecule has 0 aliphatic carbocycles. The van der Waals surface area contributed by atoms with Gasteiger partial charge >= 0.3 is 5.97 Å². The van der Waals surface area contributed by atoms with Gasteiger partial charge < -0.3 is 14.6 Å². The molecule has 0 bridgehead atoms. The quantitative estimate of drug-likeness (QED) is 0.435. The van der Waals surface area contributed by atoms with Gasteiger partial charge in [0.2, 0.25) is 0 Å².